The number of aromatic nitrogens is 2. The lowest BCUT2D eigenvalue weighted by Crippen LogP contribution is -2.43. The van der Waals surface area contributed by atoms with Crippen LogP contribution in [0.25, 0.3) is 0 Å². The van der Waals surface area contributed by atoms with Crippen LogP contribution in [0.2, 0.25) is 0 Å². The maximum Gasteiger partial charge on any atom is 0.271 e. The molecule has 1 aliphatic heterocycles. The van der Waals surface area contributed by atoms with Crippen molar-refractivity contribution in [2.75, 3.05) is 13.2 Å². The minimum absolute atomic E-state index is 0.00707. The molecule has 1 saturated heterocycles. The van der Waals surface area contributed by atoms with E-state index in [1.165, 1.54) is 23.3 Å². The molecule has 0 aliphatic carbocycles. The molecule has 3 rings (SSSR count). The predicted molar refractivity (Wildman–Crippen MR) is 81.0 cm³/mol. The molecule has 0 bridgehead atoms. The average Bonchev–Trinajstić information content (AvgIpc) is 3.19. The molecule has 1 aromatic heterocycles. The molecule has 2 heterocycles. The third kappa shape index (κ3) is 3.15. The molecule has 126 valence electrons. The van der Waals surface area contributed by atoms with Crippen molar-refractivity contribution in [1.82, 2.24) is 20.3 Å². The number of hydroxylamine groups is 2. The molecular formula is C15H16N4O5. The maximum atomic E-state index is 12.2. The lowest BCUT2D eigenvalue weighted by atomic mass is 10.1. The molecule has 1 aromatic carbocycles. The van der Waals surface area contributed by atoms with Gasteiger partial charge in [0.15, 0.2) is 11.5 Å². The summed E-state index contributed by atoms with van der Waals surface area (Å²) in [6.45, 7) is 0.331. The van der Waals surface area contributed by atoms with Gasteiger partial charge >= 0.3 is 0 Å². The predicted octanol–water partition coefficient (Wildman–Crippen LogP) is -0.0642. The van der Waals surface area contributed by atoms with E-state index in [0.29, 0.717) is 13.0 Å². The number of nitrogens with zero attached hydrogens (tertiary/aromatic N) is 2. The van der Waals surface area contributed by atoms with Gasteiger partial charge in [-0.25, -0.2) is 10.0 Å². The molecule has 1 fully saturated rings. The van der Waals surface area contributed by atoms with Crippen LogP contribution in [0.4, 0.5) is 0 Å². The van der Waals surface area contributed by atoms with Crippen LogP contribution in [0.15, 0.2) is 30.7 Å². The number of rotatable bonds is 5. The fourth-order valence-corrected chi connectivity index (χ4v) is 2.35. The smallest absolute Gasteiger partial charge is 0.271 e. The minimum Gasteiger partial charge on any atom is -0.504 e. The molecule has 0 saturated carbocycles. The van der Waals surface area contributed by atoms with Gasteiger partial charge in [0.2, 0.25) is 0 Å². The molecular weight excluding hydrogens is 316 g/mol. The number of hydrogen-bond acceptors (Lipinski definition) is 6. The van der Waals surface area contributed by atoms with Crippen LogP contribution in [-0.4, -0.2) is 56.3 Å². The minimum atomic E-state index is -0.846. The Morgan fingerprint density at radius 1 is 1.46 bits per heavy atom. The quantitative estimate of drug-likeness (QED) is 0.568. The van der Waals surface area contributed by atoms with Crippen molar-refractivity contribution in [3.63, 3.8) is 0 Å². The molecule has 0 spiro atoms. The fourth-order valence-electron chi connectivity index (χ4n) is 2.35. The van der Waals surface area contributed by atoms with Crippen LogP contribution >= 0.6 is 0 Å². The highest BCUT2D eigenvalue weighted by atomic mass is 16.7. The number of carbonyl (C=O) groups excluding carboxylic acids is 2. The molecule has 9 heteroatoms. The third-order valence-electron chi connectivity index (χ3n) is 3.64. The first-order valence-corrected chi connectivity index (χ1v) is 7.29. The summed E-state index contributed by atoms with van der Waals surface area (Å²) >= 11 is 0. The number of H-pyrrole nitrogens is 1. The highest BCUT2D eigenvalue weighted by Crippen LogP contribution is 2.28. The second-order valence-electron chi connectivity index (χ2n) is 5.26. The first-order valence-electron chi connectivity index (χ1n) is 7.29. The number of nitrogens with one attached hydrogen (secondary N) is 2. The summed E-state index contributed by atoms with van der Waals surface area (Å²) in [5.41, 5.74) is 0.752. The first-order chi connectivity index (χ1) is 11.6. The first kappa shape index (κ1) is 15.8. The number of benzene rings is 1. The van der Waals surface area contributed by atoms with Gasteiger partial charge in [0.1, 0.15) is 12.6 Å². The number of hydrogen-bond donors (Lipinski definition) is 4. The normalized spacial score (nSPS) is 17.2. The highest BCUT2D eigenvalue weighted by molar-refractivity contribution is 6.00. The van der Waals surface area contributed by atoms with Crippen molar-refractivity contribution in [3.8, 4) is 11.5 Å². The Morgan fingerprint density at radius 2 is 2.29 bits per heavy atom. The highest BCUT2D eigenvalue weighted by Gasteiger charge is 2.34. The number of phenols is 2. The van der Waals surface area contributed by atoms with Crippen LogP contribution < -0.4 is 5.32 Å². The summed E-state index contributed by atoms with van der Waals surface area (Å²) in [5, 5.41) is 22.8. The van der Waals surface area contributed by atoms with Gasteiger partial charge in [-0.2, -0.15) is 0 Å². The van der Waals surface area contributed by atoms with Gasteiger partial charge in [0.25, 0.3) is 11.8 Å². The summed E-state index contributed by atoms with van der Waals surface area (Å²) in [7, 11) is 0. The van der Waals surface area contributed by atoms with Gasteiger partial charge in [0.05, 0.1) is 18.4 Å². The zero-order valence-corrected chi connectivity index (χ0v) is 12.6. The van der Waals surface area contributed by atoms with E-state index in [4.69, 9.17) is 4.84 Å². The van der Waals surface area contributed by atoms with Crippen LogP contribution in [0, 0.1) is 0 Å². The van der Waals surface area contributed by atoms with E-state index in [-0.39, 0.29) is 18.1 Å². The fraction of sp³-hybridized carbons (Fsp3) is 0.267. The molecule has 1 aliphatic rings. The Morgan fingerprint density at radius 3 is 3.04 bits per heavy atom. The number of imidazole rings is 1. The van der Waals surface area contributed by atoms with Gasteiger partial charge in [-0.05, 0) is 12.1 Å². The lowest BCUT2D eigenvalue weighted by molar-refractivity contribution is -0.161. The number of amides is 2. The second kappa shape index (κ2) is 6.59. The third-order valence-corrected chi connectivity index (χ3v) is 3.64. The number of phenolic OH excluding ortho intramolecular Hbond substituents is 2. The standard InChI is InChI=1S/C15H16N4O5/c20-12-3-1-2-10(13(12)21)14(22)18-11-7-24-19(15(11)23)5-4-9-6-16-8-17-9/h1-3,6,8,11,20-21H,4-5,7H2,(H,16,17)(H,18,22)/t11-/m1/s1. The van der Waals surface area contributed by atoms with Crippen molar-refractivity contribution in [2.24, 2.45) is 0 Å². The van der Waals surface area contributed by atoms with Gasteiger partial charge in [0, 0.05) is 18.3 Å². The van der Waals surface area contributed by atoms with Crippen molar-refractivity contribution in [1.29, 1.82) is 0 Å². The summed E-state index contributed by atoms with van der Waals surface area (Å²) in [6, 6.07) is 3.18. The Balaban J connectivity index is 1.59. The molecule has 1 atom stereocenters. The van der Waals surface area contributed by atoms with E-state index in [2.05, 4.69) is 15.3 Å². The molecule has 2 amide bonds. The molecule has 9 nitrogen and oxygen atoms in total. The van der Waals surface area contributed by atoms with Crippen LogP contribution in [-0.2, 0) is 16.1 Å². The van der Waals surface area contributed by atoms with E-state index >= 15 is 0 Å². The largest absolute Gasteiger partial charge is 0.504 e. The molecule has 24 heavy (non-hydrogen) atoms. The maximum absolute atomic E-state index is 12.2. The molecule has 4 N–H and O–H groups in total. The van der Waals surface area contributed by atoms with E-state index < -0.39 is 23.4 Å². The van der Waals surface area contributed by atoms with E-state index in [1.807, 2.05) is 0 Å². The van der Waals surface area contributed by atoms with Gasteiger partial charge in [-0.15, -0.1) is 0 Å². The summed E-state index contributed by atoms with van der Waals surface area (Å²) in [4.78, 5) is 36.5. The topological polar surface area (TPSA) is 128 Å². The van der Waals surface area contributed by atoms with Crippen molar-refractivity contribution >= 4 is 11.8 Å². The van der Waals surface area contributed by atoms with Gasteiger partial charge < -0.3 is 20.5 Å². The molecule has 2 aromatic rings. The number of aromatic amines is 1. The number of carbonyl (C=O) groups is 2. The summed E-state index contributed by atoms with van der Waals surface area (Å²) in [6.07, 6.45) is 3.75. The van der Waals surface area contributed by atoms with Gasteiger partial charge in [-0.1, -0.05) is 6.07 Å². The van der Waals surface area contributed by atoms with Crippen LogP contribution in [0.3, 0.4) is 0 Å². The molecule has 0 unspecified atom stereocenters. The van der Waals surface area contributed by atoms with E-state index in [9.17, 15) is 19.8 Å². The zero-order valence-electron chi connectivity index (χ0n) is 12.6. The van der Waals surface area contributed by atoms with E-state index in [0.717, 1.165) is 5.69 Å². The summed E-state index contributed by atoms with van der Waals surface area (Å²) in [5.74, 6) is -1.97. The number of para-hydroxylation sites is 1. The summed E-state index contributed by atoms with van der Waals surface area (Å²) < 4.78 is 0. The monoisotopic (exact) mass is 332 g/mol. The Bertz CT molecular complexity index is 746. The lowest BCUT2D eigenvalue weighted by Gasteiger charge is -2.14. The average molecular weight is 332 g/mol. The zero-order chi connectivity index (χ0) is 17.1. The second-order valence-corrected chi connectivity index (χ2v) is 5.26. The molecule has 0 radical (unpaired) electrons. The van der Waals surface area contributed by atoms with Crippen molar-refractivity contribution in [2.45, 2.75) is 12.5 Å². The Kier molecular flexibility index (Phi) is 4.34. The Hall–Kier alpha value is -3.07. The van der Waals surface area contributed by atoms with Crippen LogP contribution in [0.5, 0.6) is 11.5 Å². The van der Waals surface area contributed by atoms with Crippen molar-refractivity contribution in [3.05, 3.63) is 42.0 Å². The van der Waals surface area contributed by atoms with E-state index in [1.54, 1.807) is 12.5 Å². The van der Waals surface area contributed by atoms with Gasteiger partial charge in [-0.3, -0.25) is 14.4 Å². The van der Waals surface area contributed by atoms with Crippen molar-refractivity contribution < 1.29 is 24.6 Å². The Labute approximate surface area is 136 Å². The SMILES string of the molecule is O=C(N[C@@H]1CON(CCc2cnc[nH]2)C1=O)c1cccc(O)c1O. The van der Waals surface area contributed by atoms with Crippen LogP contribution in [0.1, 0.15) is 16.1 Å². The number of aromatic hydroxyl groups is 2.